The topological polar surface area (TPSA) is 0 Å². The minimum absolute atomic E-state index is 0.836. The third-order valence-electron chi connectivity index (χ3n) is 10.8. The van der Waals surface area contributed by atoms with Crippen LogP contribution in [-0.2, 0) is 0 Å². The Kier molecular flexibility index (Phi) is 5.21. The summed E-state index contributed by atoms with van der Waals surface area (Å²) in [5, 5.41) is 1.80. The summed E-state index contributed by atoms with van der Waals surface area (Å²) in [5.41, 5.74) is 2.08. The van der Waals surface area contributed by atoms with Gasteiger partial charge in [0, 0.05) is 10.5 Å². The van der Waals surface area contributed by atoms with Gasteiger partial charge in [0.05, 0.1) is 8.07 Å². The summed E-state index contributed by atoms with van der Waals surface area (Å²) < 4.78 is 0. The van der Waals surface area contributed by atoms with Crippen molar-refractivity contribution in [2.75, 3.05) is 0 Å². The smallest absolute Gasteiger partial charge is 0.0566 e. The Bertz CT molecular complexity index is 737. The molecule has 0 aromatic heterocycles. The fourth-order valence-corrected chi connectivity index (χ4v) is 21.2. The molecule has 0 bridgehead atoms. The minimum Gasteiger partial charge on any atom is -0.127 e. The van der Waals surface area contributed by atoms with Crippen LogP contribution in [0.4, 0.5) is 0 Å². The SMILES string of the molecule is CC1=CC2C3C=C(C)SC3C([Si](C)(C)C3C(C)CC4C5CCCCC5CCC43)C2S1. The molecule has 0 spiro atoms. The second-order valence-electron chi connectivity index (χ2n) is 12.6. The molecule has 3 heteroatoms. The van der Waals surface area contributed by atoms with Crippen molar-refractivity contribution in [1.29, 1.82) is 0 Å². The van der Waals surface area contributed by atoms with Crippen molar-refractivity contribution in [1.82, 2.24) is 0 Å². The van der Waals surface area contributed by atoms with Gasteiger partial charge in [-0.15, -0.1) is 23.5 Å². The Balaban J connectivity index is 1.32. The Labute approximate surface area is 194 Å². The van der Waals surface area contributed by atoms with Gasteiger partial charge in [0.25, 0.3) is 0 Å². The van der Waals surface area contributed by atoms with Crippen LogP contribution in [0.3, 0.4) is 0 Å². The second-order valence-corrected chi connectivity index (χ2v) is 20.4. The van der Waals surface area contributed by atoms with Crippen LogP contribution in [0.15, 0.2) is 22.0 Å². The molecule has 4 aliphatic carbocycles. The van der Waals surface area contributed by atoms with Crippen LogP contribution in [0.25, 0.3) is 0 Å². The van der Waals surface area contributed by atoms with E-state index in [1.165, 1.54) is 12.8 Å². The molecular formula is C27H42S2Si. The van der Waals surface area contributed by atoms with Crippen molar-refractivity contribution in [3.63, 3.8) is 0 Å². The van der Waals surface area contributed by atoms with Crippen molar-refractivity contribution in [2.45, 2.75) is 100 Å². The molecule has 10 unspecified atom stereocenters. The standard InChI is InChI=1S/C27H42S2Si/c1-15-12-21-19-9-7-6-8-18(19)10-11-20(21)26(15)30(4,5)27-24-22(13-16(2)28-24)23-14-17(3)29-25(23)27/h13-15,18-27H,6-12H2,1-5H3. The van der Waals surface area contributed by atoms with Gasteiger partial charge in [-0.25, -0.2) is 0 Å². The lowest BCUT2D eigenvalue weighted by atomic mass is 9.62. The lowest BCUT2D eigenvalue weighted by Gasteiger charge is -2.49. The molecule has 0 saturated heterocycles. The third kappa shape index (κ3) is 2.99. The van der Waals surface area contributed by atoms with Crippen LogP contribution < -0.4 is 0 Å². The van der Waals surface area contributed by atoms with E-state index in [9.17, 15) is 0 Å². The summed E-state index contributed by atoms with van der Waals surface area (Å²) in [4.78, 5) is 3.25. The Morgan fingerprint density at radius 3 is 2.07 bits per heavy atom. The van der Waals surface area contributed by atoms with Gasteiger partial charge in [-0.05, 0) is 102 Å². The lowest BCUT2D eigenvalue weighted by Crippen LogP contribution is -2.48. The van der Waals surface area contributed by atoms with E-state index in [2.05, 4.69) is 69.5 Å². The van der Waals surface area contributed by atoms with Crippen LogP contribution in [0.5, 0.6) is 0 Å². The zero-order valence-corrected chi connectivity index (χ0v) is 22.4. The van der Waals surface area contributed by atoms with Gasteiger partial charge in [-0.2, -0.15) is 0 Å². The largest absolute Gasteiger partial charge is 0.127 e. The third-order valence-corrected chi connectivity index (χ3v) is 19.2. The van der Waals surface area contributed by atoms with Gasteiger partial charge in [0.2, 0.25) is 0 Å². The van der Waals surface area contributed by atoms with Crippen LogP contribution in [0, 0.1) is 41.4 Å². The van der Waals surface area contributed by atoms with Crippen LogP contribution in [-0.4, -0.2) is 18.6 Å². The fraction of sp³-hybridized carbons (Fsp3) is 0.852. The molecule has 30 heavy (non-hydrogen) atoms. The number of allylic oxidation sites excluding steroid dienone is 4. The van der Waals surface area contributed by atoms with Crippen LogP contribution in [0.2, 0.25) is 24.2 Å². The first-order valence-electron chi connectivity index (χ1n) is 13.1. The summed E-state index contributed by atoms with van der Waals surface area (Å²) in [6.07, 6.45) is 16.3. The molecule has 2 aliphatic heterocycles. The monoisotopic (exact) mass is 458 g/mol. The van der Waals surface area contributed by atoms with Crippen molar-refractivity contribution in [3.05, 3.63) is 22.0 Å². The number of hydrogen-bond donors (Lipinski definition) is 0. The minimum atomic E-state index is -1.40. The average Bonchev–Trinajstić information content (AvgIpc) is 3.40. The molecule has 4 saturated carbocycles. The van der Waals surface area contributed by atoms with E-state index in [0.717, 1.165) is 63.0 Å². The second kappa shape index (κ2) is 7.45. The van der Waals surface area contributed by atoms with E-state index in [4.69, 9.17) is 0 Å². The maximum Gasteiger partial charge on any atom is 0.0566 e. The fourth-order valence-electron chi connectivity index (χ4n) is 10.1. The first-order chi connectivity index (χ1) is 14.4. The Morgan fingerprint density at radius 1 is 0.767 bits per heavy atom. The van der Waals surface area contributed by atoms with Crippen molar-refractivity contribution in [3.8, 4) is 0 Å². The van der Waals surface area contributed by atoms with Crippen molar-refractivity contribution >= 4 is 31.6 Å². The van der Waals surface area contributed by atoms with E-state index in [1.54, 1.807) is 41.9 Å². The summed E-state index contributed by atoms with van der Waals surface area (Å²) in [6.45, 7) is 13.2. The van der Waals surface area contributed by atoms with E-state index in [-0.39, 0.29) is 0 Å². The highest BCUT2D eigenvalue weighted by molar-refractivity contribution is 8.05. The predicted octanol–water partition coefficient (Wildman–Crippen LogP) is 8.59. The zero-order chi connectivity index (χ0) is 20.8. The molecule has 0 nitrogen and oxygen atoms in total. The number of thioether (sulfide) groups is 2. The molecule has 6 rings (SSSR count). The molecule has 0 aromatic rings. The zero-order valence-electron chi connectivity index (χ0n) is 19.8. The van der Waals surface area contributed by atoms with E-state index >= 15 is 0 Å². The maximum atomic E-state index is 2.87. The Morgan fingerprint density at radius 2 is 1.40 bits per heavy atom. The molecule has 166 valence electrons. The van der Waals surface area contributed by atoms with Crippen molar-refractivity contribution < 1.29 is 0 Å². The van der Waals surface area contributed by atoms with Gasteiger partial charge in [-0.1, -0.05) is 51.4 Å². The van der Waals surface area contributed by atoms with E-state index in [0.29, 0.717) is 0 Å². The van der Waals surface area contributed by atoms with E-state index < -0.39 is 8.07 Å². The van der Waals surface area contributed by atoms with Gasteiger partial charge >= 0.3 is 0 Å². The summed E-state index contributed by atoms with van der Waals surface area (Å²) >= 11 is 4.58. The molecule has 0 amide bonds. The summed E-state index contributed by atoms with van der Waals surface area (Å²) in [7, 11) is -1.40. The highest BCUT2D eigenvalue weighted by Crippen LogP contribution is 2.69. The molecule has 0 N–H and O–H groups in total. The van der Waals surface area contributed by atoms with Crippen molar-refractivity contribution in [2.24, 2.45) is 41.4 Å². The van der Waals surface area contributed by atoms with Gasteiger partial charge in [0.1, 0.15) is 0 Å². The highest BCUT2D eigenvalue weighted by atomic mass is 32.2. The van der Waals surface area contributed by atoms with Gasteiger partial charge in [-0.3, -0.25) is 0 Å². The van der Waals surface area contributed by atoms with E-state index in [1.807, 2.05) is 0 Å². The first kappa shape index (κ1) is 21.0. The van der Waals surface area contributed by atoms with Gasteiger partial charge < -0.3 is 0 Å². The van der Waals surface area contributed by atoms with Crippen LogP contribution >= 0.6 is 23.5 Å². The molecule has 0 radical (unpaired) electrons. The molecule has 4 fully saturated rings. The molecule has 0 aromatic carbocycles. The maximum absolute atomic E-state index is 2.87. The quantitative estimate of drug-likeness (QED) is 0.380. The molecule has 10 atom stereocenters. The molecule has 6 aliphatic rings. The highest BCUT2D eigenvalue weighted by Gasteiger charge is 2.63. The number of rotatable bonds is 2. The summed E-state index contributed by atoms with van der Waals surface area (Å²) in [6, 6.07) is 0. The predicted molar refractivity (Wildman–Crippen MR) is 138 cm³/mol. The molecule has 2 heterocycles. The van der Waals surface area contributed by atoms with Gasteiger partial charge in [0.15, 0.2) is 0 Å². The summed E-state index contributed by atoms with van der Waals surface area (Å²) in [5.74, 6) is 7.04. The lowest BCUT2D eigenvalue weighted by molar-refractivity contribution is 0.0720. The Hall–Kier alpha value is 0.397. The first-order valence-corrected chi connectivity index (χ1v) is 18.0. The number of hydrogen-bond acceptors (Lipinski definition) is 2. The average molecular weight is 459 g/mol. The number of fused-ring (bicyclic) bond motifs is 6. The normalized spacial score (nSPS) is 52.4. The molecular weight excluding hydrogens is 417 g/mol. The van der Waals surface area contributed by atoms with Crippen LogP contribution in [0.1, 0.15) is 65.7 Å².